The highest BCUT2D eigenvalue weighted by atomic mass is 35.5. The molecule has 0 spiro atoms. The second kappa shape index (κ2) is 8.02. The van der Waals surface area contributed by atoms with Gasteiger partial charge in [-0.3, -0.25) is 0 Å². The Morgan fingerprint density at radius 3 is 2.57 bits per heavy atom. The van der Waals surface area contributed by atoms with Crippen LogP contribution in [0.25, 0.3) is 0 Å². The first-order valence-corrected chi connectivity index (χ1v) is 8.63. The van der Waals surface area contributed by atoms with Crippen LogP contribution in [0.5, 0.6) is 0 Å². The van der Waals surface area contributed by atoms with Gasteiger partial charge in [-0.15, -0.1) is 0 Å². The van der Waals surface area contributed by atoms with Crippen LogP contribution >= 0.6 is 11.6 Å². The van der Waals surface area contributed by atoms with Crippen LogP contribution in [0.2, 0.25) is 5.02 Å². The summed E-state index contributed by atoms with van der Waals surface area (Å²) in [4.78, 5) is 13.9. The van der Waals surface area contributed by atoms with E-state index in [4.69, 9.17) is 16.3 Å². The van der Waals surface area contributed by atoms with E-state index < -0.39 is 5.60 Å². The number of hydrogen-bond donors (Lipinski definition) is 1. The first kappa shape index (κ1) is 18.1. The van der Waals surface area contributed by atoms with Gasteiger partial charge in [0.25, 0.3) is 0 Å². The first-order valence-electron chi connectivity index (χ1n) is 8.25. The Kier molecular flexibility index (Phi) is 6.31. The molecular formula is C18H27ClN2O2. The molecule has 128 valence electrons. The van der Waals surface area contributed by atoms with Crippen molar-refractivity contribution in [3.63, 3.8) is 0 Å². The fourth-order valence-corrected chi connectivity index (χ4v) is 2.88. The topological polar surface area (TPSA) is 41.6 Å². The molecule has 1 amide bonds. The summed E-state index contributed by atoms with van der Waals surface area (Å²) >= 11 is 5.90. The van der Waals surface area contributed by atoms with Crippen LogP contribution in [-0.4, -0.2) is 42.8 Å². The molecule has 1 saturated heterocycles. The average molecular weight is 339 g/mol. The molecule has 0 aromatic heterocycles. The van der Waals surface area contributed by atoms with E-state index in [0.717, 1.165) is 43.4 Å². The summed E-state index contributed by atoms with van der Waals surface area (Å²) in [5.74, 6) is 0.731. The highest BCUT2D eigenvalue weighted by Gasteiger charge is 2.26. The molecule has 23 heavy (non-hydrogen) atoms. The highest BCUT2D eigenvalue weighted by molar-refractivity contribution is 6.30. The molecule has 1 fully saturated rings. The summed E-state index contributed by atoms with van der Waals surface area (Å²) in [6.45, 7) is 9.55. The molecule has 0 unspecified atom stereocenters. The zero-order valence-corrected chi connectivity index (χ0v) is 15.0. The molecule has 0 bridgehead atoms. The van der Waals surface area contributed by atoms with Gasteiger partial charge < -0.3 is 15.0 Å². The number of ether oxygens (including phenoxy) is 1. The lowest BCUT2D eigenvalue weighted by Crippen LogP contribution is -2.48. The van der Waals surface area contributed by atoms with E-state index in [0.29, 0.717) is 6.54 Å². The van der Waals surface area contributed by atoms with Crippen LogP contribution in [0.3, 0.4) is 0 Å². The fraction of sp³-hybridized carbons (Fsp3) is 0.611. The second-order valence-electron chi connectivity index (χ2n) is 7.24. The Labute approximate surface area is 144 Å². The predicted molar refractivity (Wildman–Crippen MR) is 93.9 cm³/mol. The largest absolute Gasteiger partial charge is 0.444 e. The molecule has 4 nitrogen and oxygen atoms in total. The molecular weight excluding hydrogens is 312 g/mol. The van der Waals surface area contributed by atoms with E-state index in [9.17, 15) is 4.79 Å². The van der Waals surface area contributed by atoms with Gasteiger partial charge in [-0.25, -0.2) is 4.79 Å². The van der Waals surface area contributed by atoms with E-state index in [2.05, 4.69) is 22.3 Å². The molecule has 0 atom stereocenters. The molecule has 0 aliphatic carbocycles. The Balaban J connectivity index is 1.53. The molecule has 1 N–H and O–H groups in total. The number of likely N-dealkylation sites (tertiary alicyclic amines) is 1. The lowest BCUT2D eigenvalue weighted by atomic mass is 9.92. The molecule has 0 radical (unpaired) electrons. The molecule has 5 heteroatoms. The zero-order valence-electron chi connectivity index (χ0n) is 14.3. The van der Waals surface area contributed by atoms with Crippen molar-refractivity contribution in [2.24, 2.45) is 5.92 Å². The first-order chi connectivity index (χ1) is 10.8. The van der Waals surface area contributed by atoms with E-state index in [1.807, 2.05) is 32.9 Å². The van der Waals surface area contributed by atoms with Gasteiger partial charge in [0.15, 0.2) is 0 Å². The predicted octanol–water partition coefficient (Wildman–Crippen LogP) is 3.73. The van der Waals surface area contributed by atoms with E-state index in [-0.39, 0.29) is 6.09 Å². The van der Waals surface area contributed by atoms with Crippen LogP contribution in [0.4, 0.5) is 4.79 Å². The van der Waals surface area contributed by atoms with Crippen molar-refractivity contribution < 1.29 is 9.53 Å². The zero-order chi connectivity index (χ0) is 16.9. The number of rotatable bonds is 6. The normalized spacial score (nSPS) is 16.0. The summed E-state index contributed by atoms with van der Waals surface area (Å²) < 4.78 is 5.20. The van der Waals surface area contributed by atoms with Crippen molar-refractivity contribution in [2.75, 3.05) is 26.2 Å². The van der Waals surface area contributed by atoms with Crippen LogP contribution < -0.4 is 5.32 Å². The molecule has 1 aromatic rings. The Hall–Kier alpha value is -1.26. The molecule has 2 rings (SSSR count). The van der Waals surface area contributed by atoms with Crippen molar-refractivity contribution in [3.05, 3.63) is 34.9 Å². The molecule has 0 saturated carbocycles. The van der Waals surface area contributed by atoms with Crippen LogP contribution in [0, 0.1) is 5.92 Å². The summed E-state index contributed by atoms with van der Waals surface area (Å²) in [6, 6.07) is 8.12. The maximum absolute atomic E-state index is 11.5. The summed E-state index contributed by atoms with van der Waals surface area (Å²) in [7, 11) is 0. The van der Waals surface area contributed by atoms with Gasteiger partial charge in [0.2, 0.25) is 0 Å². The number of hydrogen-bond acceptors (Lipinski definition) is 3. The number of carbonyl (C=O) groups is 1. The number of amides is 1. The third-order valence-electron chi connectivity index (χ3n) is 3.79. The Morgan fingerprint density at radius 1 is 1.30 bits per heavy atom. The Bertz CT molecular complexity index is 505. The van der Waals surface area contributed by atoms with Crippen molar-refractivity contribution in [1.82, 2.24) is 10.2 Å². The standard InChI is InChI=1S/C18H27ClN2O2/c1-18(2,3)23-17(22)20-9-4-10-21-12-15(13-21)11-14-5-7-16(19)8-6-14/h5-8,15H,4,9-13H2,1-3H3,(H,20,22). The second-order valence-corrected chi connectivity index (χ2v) is 7.67. The number of benzene rings is 1. The van der Waals surface area contributed by atoms with Crippen LogP contribution in [0.15, 0.2) is 24.3 Å². The maximum atomic E-state index is 11.5. The maximum Gasteiger partial charge on any atom is 0.407 e. The minimum Gasteiger partial charge on any atom is -0.444 e. The lowest BCUT2D eigenvalue weighted by molar-refractivity contribution is 0.0519. The quantitative estimate of drug-likeness (QED) is 0.803. The van der Waals surface area contributed by atoms with Gasteiger partial charge in [-0.1, -0.05) is 23.7 Å². The van der Waals surface area contributed by atoms with Gasteiger partial charge in [-0.2, -0.15) is 0 Å². The van der Waals surface area contributed by atoms with Crippen LogP contribution in [-0.2, 0) is 11.2 Å². The van der Waals surface area contributed by atoms with Gasteiger partial charge in [0.1, 0.15) is 5.60 Å². The summed E-state index contributed by atoms with van der Waals surface area (Å²) in [5, 5.41) is 3.59. The smallest absolute Gasteiger partial charge is 0.407 e. The SMILES string of the molecule is CC(C)(C)OC(=O)NCCCN1CC(Cc2ccc(Cl)cc2)C1. The number of nitrogens with zero attached hydrogens (tertiary/aromatic N) is 1. The fourth-order valence-electron chi connectivity index (χ4n) is 2.75. The van der Waals surface area contributed by atoms with Gasteiger partial charge >= 0.3 is 6.09 Å². The third-order valence-corrected chi connectivity index (χ3v) is 4.04. The van der Waals surface area contributed by atoms with Gasteiger partial charge in [0.05, 0.1) is 0 Å². The Morgan fingerprint density at radius 2 is 1.96 bits per heavy atom. The molecule has 1 aliphatic heterocycles. The minimum absolute atomic E-state index is 0.332. The van der Waals surface area contributed by atoms with Crippen molar-refractivity contribution in [2.45, 2.75) is 39.2 Å². The monoisotopic (exact) mass is 338 g/mol. The van der Waals surface area contributed by atoms with E-state index >= 15 is 0 Å². The molecule has 1 aromatic carbocycles. The minimum atomic E-state index is -0.434. The number of carbonyl (C=O) groups excluding carboxylic acids is 1. The van der Waals surface area contributed by atoms with Crippen molar-refractivity contribution in [3.8, 4) is 0 Å². The third kappa shape index (κ3) is 6.80. The average Bonchev–Trinajstić information content (AvgIpc) is 2.40. The van der Waals surface area contributed by atoms with Crippen LogP contribution in [0.1, 0.15) is 32.8 Å². The molecule has 1 heterocycles. The number of nitrogens with one attached hydrogen (secondary N) is 1. The van der Waals surface area contributed by atoms with E-state index in [1.54, 1.807) is 0 Å². The van der Waals surface area contributed by atoms with Gasteiger partial charge in [-0.05, 0) is 63.8 Å². The summed E-state index contributed by atoms with van der Waals surface area (Å²) in [6.07, 6.45) is 1.73. The van der Waals surface area contributed by atoms with Gasteiger partial charge in [0, 0.05) is 24.7 Å². The number of alkyl carbamates (subject to hydrolysis) is 1. The van der Waals surface area contributed by atoms with E-state index in [1.165, 1.54) is 5.56 Å². The highest BCUT2D eigenvalue weighted by Crippen LogP contribution is 2.21. The summed E-state index contributed by atoms with van der Waals surface area (Å²) in [5.41, 5.74) is 0.918. The van der Waals surface area contributed by atoms with Crippen molar-refractivity contribution >= 4 is 17.7 Å². The molecule has 1 aliphatic rings. The van der Waals surface area contributed by atoms with Crippen molar-refractivity contribution in [1.29, 1.82) is 0 Å². The lowest BCUT2D eigenvalue weighted by Gasteiger charge is -2.39. The number of halogens is 1.